The van der Waals surface area contributed by atoms with Gasteiger partial charge in [-0.15, -0.1) is 0 Å². The van der Waals surface area contributed by atoms with E-state index in [0.717, 1.165) is 0 Å². The molecule has 0 saturated carbocycles. The molecule has 0 radical (unpaired) electrons. The van der Waals surface area contributed by atoms with Crippen LogP contribution in [0.15, 0.2) is 50.1 Å². The average molecular weight is 539 g/mol. The first-order valence-electron chi connectivity index (χ1n) is 10.0. The van der Waals surface area contributed by atoms with Gasteiger partial charge in [-0.25, -0.2) is 4.79 Å². The third kappa shape index (κ3) is 5.85. The van der Waals surface area contributed by atoms with E-state index in [0.29, 0.717) is 38.4 Å². The lowest BCUT2D eigenvalue weighted by molar-refractivity contribution is -0.154. The number of nitrogens with one attached hydrogen (secondary N) is 1. The van der Waals surface area contributed by atoms with Crippen LogP contribution in [0.3, 0.4) is 0 Å². The number of carbonyl (C=O) groups excluding carboxylic acids is 2. The van der Waals surface area contributed by atoms with E-state index in [1.165, 1.54) is 13.2 Å². The van der Waals surface area contributed by atoms with Crippen molar-refractivity contribution in [2.75, 3.05) is 26.9 Å². The van der Waals surface area contributed by atoms with E-state index in [-0.39, 0.29) is 36.5 Å². The van der Waals surface area contributed by atoms with Crippen LogP contribution in [0.5, 0.6) is 11.5 Å². The smallest absolute Gasteiger partial charge is 0.396 e. The summed E-state index contributed by atoms with van der Waals surface area (Å²) in [6, 6.07) is 9.72. The van der Waals surface area contributed by atoms with Crippen LogP contribution >= 0.6 is 27.5 Å². The molecule has 8 nitrogen and oxygen atoms in total. The van der Waals surface area contributed by atoms with Crippen LogP contribution in [-0.4, -0.2) is 38.7 Å². The number of rotatable bonds is 8. The van der Waals surface area contributed by atoms with Crippen LogP contribution in [0.2, 0.25) is 5.02 Å². The van der Waals surface area contributed by atoms with Crippen LogP contribution < -0.4 is 20.2 Å². The number of halogens is 2. The molecule has 3 aromatic rings. The molecular weight excluding hydrogens is 518 g/mol. The third-order valence-corrected chi connectivity index (χ3v) is 5.47. The molecule has 1 N–H and O–H groups in total. The van der Waals surface area contributed by atoms with Gasteiger partial charge < -0.3 is 23.9 Å². The van der Waals surface area contributed by atoms with Crippen molar-refractivity contribution in [2.24, 2.45) is 0 Å². The Labute approximate surface area is 202 Å². The van der Waals surface area contributed by atoms with Crippen molar-refractivity contribution in [1.82, 2.24) is 5.32 Å². The molecule has 174 valence electrons. The fraction of sp³-hybridized carbons (Fsp3) is 0.261. The second kappa shape index (κ2) is 11.2. The summed E-state index contributed by atoms with van der Waals surface area (Å²) in [5.41, 5.74) is 0.551. The van der Waals surface area contributed by atoms with Crippen molar-refractivity contribution in [3.8, 4) is 22.8 Å². The highest BCUT2D eigenvalue weighted by Gasteiger charge is 2.17. The number of benzene rings is 2. The zero-order valence-corrected chi connectivity index (χ0v) is 20.2. The topological polar surface area (TPSA) is 104 Å². The van der Waals surface area contributed by atoms with Crippen molar-refractivity contribution in [3.05, 3.63) is 56.1 Å². The number of methoxy groups -OCH3 is 1. The van der Waals surface area contributed by atoms with Gasteiger partial charge >= 0.3 is 11.9 Å². The zero-order valence-electron chi connectivity index (χ0n) is 17.9. The van der Waals surface area contributed by atoms with Gasteiger partial charge in [0.1, 0.15) is 17.3 Å². The predicted octanol–water partition coefficient (Wildman–Crippen LogP) is 4.33. The van der Waals surface area contributed by atoms with E-state index >= 15 is 0 Å². The highest BCUT2D eigenvalue weighted by Crippen LogP contribution is 2.39. The monoisotopic (exact) mass is 537 g/mol. The van der Waals surface area contributed by atoms with E-state index in [1.807, 2.05) is 0 Å². The van der Waals surface area contributed by atoms with Crippen LogP contribution in [0.4, 0.5) is 0 Å². The summed E-state index contributed by atoms with van der Waals surface area (Å²) in [5, 5.41) is 3.17. The molecular formula is C23H21BrClNO7. The van der Waals surface area contributed by atoms with Gasteiger partial charge in [0.25, 0.3) is 0 Å². The van der Waals surface area contributed by atoms with E-state index in [1.54, 1.807) is 37.3 Å². The standard InChI is InChI=1S/C23H21BrClNO7/c1-3-31-23(29)22(28)26-8-5-9-32-20-10-14(18(30-2)11-15(20)24)19-12-17(27)13-6-4-7-16(25)21(13)33-19/h4,6-7,10-12H,3,5,8-9H2,1-2H3,(H,26,28). The third-order valence-electron chi connectivity index (χ3n) is 4.55. The molecule has 0 aliphatic carbocycles. The second-order valence-corrected chi connectivity index (χ2v) is 8.01. The van der Waals surface area contributed by atoms with Gasteiger partial charge in [-0.2, -0.15) is 0 Å². The van der Waals surface area contributed by atoms with Gasteiger partial charge in [0.05, 0.1) is 40.8 Å². The number of amides is 1. The summed E-state index contributed by atoms with van der Waals surface area (Å²) in [4.78, 5) is 35.5. The fourth-order valence-corrected chi connectivity index (χ4v) is 3.66. The number of hydrogen-bond donors (Lipinski definition) is 1. The zero-order chi connectivity index (χ0) is 24.0. The second-order valence-electron chi connectivity index (χ2n) is 6.75. The van der Waals surface area contributed by atoms with Gasteiger partial charge in [-0.3, -0.25) is 9.59 Å². The van der Waals surface area contributed by atoms with Gasteiger partial charge in [0, 0.05) is 12.6 Å². The SMILES string of the molecule is CCOC(=O)C(=O)NCCCOc1cc(-c2cc(=O)c3cccc(Cl)c3o2)c(OC)cc1Br. The summed E-state index contributed by atoms with van der Waals surface area (Å²) >= 11 is 9.66. The first-order valence-corrected chi connectivity index (χ1v) is 11.2. The number of hydrogen-bond acceptors (Lipinski definition) is 7. The van der Waals surface area contributed by atoms with Crippen LogP contribution in [-0.2, 0) is 14.3 Å². The highest BCUT2D eigenvalue weighted by molar-refractivity contribution is 9.10. The molecule has 0 atom stereocenters. The van der Waals surface area contributed by atoms with Crippen molar-refractivity contribution in [1.29, 1.82) is 0 Å². The molecule has 10 heteroatoms. The Kier molecular flexibility index (Phi) is 8.35. The summed E-state index contributed by atoms with van der Waals surface area (Å²) in [6.45, 7) is 2.24. The van der Waals surface area contributed by atoms with E-state index in [9.17, 15) is 14.4 Å². The molecule has 0 saturated heterocycles. The van der Waals surface area contributed by atoms with E-state index < -0.39 is 11.9 Å². The molecule has 0 aliphatic rings. The predicted molar refractivity (Wildman–Crippen MR) is 127 cm³/mol. The molecule has 1 aromatic heterocycles. The maximum atomic E-state index is 12.6. The summed E-state index contributed by atoms with van der Waals surface area (Å²) in [6.07, 6.45) is 0.444. The Morgan fingerprint density at radius 1 is 1.18 bits per heavy atom. The van der Waals surface area contributed by atoms with Gasteiger partial charge in [-0.1, -0.05) is 17.7 Å². The normalized spacial score (nSPS) is 10.7. The minimum Gasteiger partial charge on any atom is -0.496 e. The van der Waals surface area contributed by atoms with Crippen molar-refractivity contribution >= 4 is 50.4 Å². The molecule has 3 rings (SSSR count). The lowest BCUT2D eigenvalue weighted by Crippen LogP contribution is -2.33. The Morgan fingerprint density at radius 3 is 2.70 bits per heavy atom. The van der Waals surface area contributed by atoms with Gasteiger partial charge in [0.2, 0.25) is 0 Å². The first kappa shape index (κ1) is 24.6. The maximum absolute atomic E-state index is 12.6. The molecule has 0 bridgehead atoms. The molecule has 0 aliphatic heterocycles. The average Bonchev–Trinajstić information content (AvgIpc) is 2.80. The largest absolute Gasteiger partial charge is 0.496 e. The minimum absolute atomic E-state index is 0.132. The molecule has 33 heavy (non-hydrogen) atoms. The van der Waals surface area contributed by atoms with Crippen molar-refractivity contribution in [2.45, 2.75) is 13.3 Å². The molecule has 2 aromatic carbocycles. The summed E-state index contributed by atoms with van der Waals surface area (Å²) in [5.74, 6) is -0.501. The molecule has 0 unspecified atom stereocenters. The summed E-state index contributed by atoms with van der Waals surface area (Å²) < 4.78 is 22.5. The number of esters is 1. The van der Waals surface area contributed by atoms with Crippen LogP contribution in [0, 0.1) is 0 Å². The maximum Gasteiger partial charge on any atom is 0.396 e. The Hall–Kier alpha value is -3.04. The van der Waals surface area contributed by atoms with Crippen molar-refractivity contribution < 1.29 is 28.2 Å². The fourth-order valence-electron chi connectivity index (χ4n) is 3.01. The number of ether oxygens (including phenoxy) is 3. The van der Waals surface area contributed by atoms with Gasteiger partial charge in [-0.05, 0) is 53.5 Å². The van der Waals surface area contributed by atoms with Crippen LogP contribution in [0.1, 0.15) is 13.3 Å². The number of para-hydroxylation sites is 1. The molecule has 0 fully saturated rings. The molecule has 0 spiro atoms. The Balaban J connectivity index is 1.78. The Morgan fingerprint density at radius 2 is 1.97 bits per heavy atom. The van der Waals surface area contributed by atoms with Gasteiger partial charge in [0.15, 0.2) is 11.0 Å². The quantitative estimate of drug-likeness (QED) is 0.259. The lowest BCUT2D eigenvalue weighted by atomic mass is 10.1. The minimum atomic E-state index is -0.919. The van der Waals surface area contributed by atoms with Crippen molar-refractivity contribution in [3.63, 3.8) is 0 Å². The first-order chi connectivity index (χ1) is 15.8. The molecule has 1 amide bonds. The highest BCUT2D eigenvalue weighted by atomic mass is 79.9. The van der Waals surface area contributed by atoms with Crippen LogP contribution in [0.25, 0.3) is 22.3 Å². The Bertz CT molecular complexity index is 1240. The van der Waals surface area contributed by atoms with E-state index in [2.05, 4.69) is 26.0 Å². The number of fused-ring (bicyclic) bond motifs is 1. The van der Waals surface area contributed by atoms with E-state index in [4.69, 9.17) is 25.5 Å². The number of carbonyl (C=O) groups is 2. The molecule has 1 heterocycles. The lowest BCUT2D eigenvalue weighted by Gasteiger charge is -2.14. The summed E-state index contributed by atoms with van der Waals surface area (Å²) in [7, 11) is 1.50.